The summed E-state index contributed by atoms with van der Waals surface area (Å²) in [4.78, 5) is 26.8. The van der Waals surface area contributed by atoms with Gasteiger partial charge in [-0.05, 0) is 60.5 Å². The molecule has 1 aliphatic heterocycles. The number of hydrogen-bond donors (Lipinski definition) is 1. The summed E-state index contributed by atoms with van der Waals surface area (Å²) in [5, 5.41) is 11.1. The van der Waals surface area contributed by atoms with Crippen molar-refractivity contribution in [3.05, 3.63) is 100 Å². The second-order valence-electron chi connectivity index (χ2n) is 7.50. The van der Waals surface area contributed by atoms with Crippen molar-refractivity contribution >= 4 is 23.1 Å². The van der Waals surface area contributed by atoms with E-state index in [-0.39, 0.29) is 16.7 Å². The minimum Gasteiger partial charge on any atom is -0.507 e. The lowest BCUT2D eigenvalue weighted by atomic mass is 9.94. The molecule has 3 aromatic carbocycles. The maximum atomic E-state index is 14.6. The van der Waals surface area contributed by atoms with Gasteiger partial charge in [-0.25, -0.2) is 13.2 Å². The van der Waals surface area contributed by atoms with Gasteiger partial charge in [0.2, 0.25) is 0 Å². The van der Waals surface area contributed by atoms with Crippen molar-refractivity contribution in [2.75, 3.05) is 12.0 Å². The lowest BCUT2D eigenvalue weighted by molar-refractivity contribution is -0.132. The largest absolute Gasteiger partial charge is 0.507 e. The maximum Gasteiger partial charge on any atom is 0.300 e. The number of aliphatic hydroxyl groups is 1. The number of ether oxygens (including phenoxy) is 1. The van der Waals surface area contributed by atoms with Crippen LogP contribution in [0, 0.1) is 24.4 Å². The summed E-state index contributed by atoms with van der Waals surface area (Å²) in [6, 6.07) is 10.7. The van der Waals surface area contributed by atoms with E-state index in [1.807, 2.05) is 0 Å². The number of rotatable bonds is 4. The van der Waals surface area contributed by atoms with Gasteiger partial charge >= 0.3 is 0 Å². The van der Waals surface area contributed by atoms with Gasteiger partial charge in [-0.15, -0.1) is 0 Å². The smallest absolute Gasteiger partial charge is 0.300 e. The third-order valence-electron chi connectivity index (χ3n) is 5.47. The third kappa shape index (κ3) is 3.84. The first-order chi connectivity index (χ1) is 15.7. The third-order valence-corrected chi connectivity index (χ3v) is 5.47. The number of ketones is 1. The predicted molar refractivity (Wildman–Crippen MR) is 115 cm³/mol. The number of aryl methyl sites for hydroxylation is 1. The number of nitrogens with zero attached hydrogens (tertiary/aromatic N) is 1. The lowest BCUT2D eigenvalue weighted by Crippen LogP contribution is -2.30. The number of Topliss-reactive ketones (excluding diaryl/α,β-unsaturated/α-hetero) is 1. The topological polar surface area (TPSA) is 66.8 Å². The summed E-state index contributed by atoms with van der Waals surface area (Å²) < 4.78 is 47.3. The number of carbonyl (C=O) groups is 2. The molecule has 5 nitrogen and oxygen atoms in total. The minimum atomic E-state index is -1.32. The highest BCUT2D eigenvalue weighted by Gasteiger charge is 2.47. The molecule has 1 atom stereocenters. The van der Waals surface area contributed by atoms with Gasteiger partial charge in [-0.2, -0.15) is 0 Å². The highest BCUT2D eigenvalue weighted by atomic mass is 19.1. The van der Waals surface area contributed by atoms with Crippen LogP contribution in [-0.4, -0.2) is 23.9 Å². The maximum absolute atomic E-state index is 14.6. The van der Waals surface area contributed by atoms with Crippen molar-refractivity contribution in [1.29, 1.82) is 0 Å². The van der Waals surface area contributed by atoms with Crippen LogP contribution in [-0.2, 0) is 9.59 Å². The van der Waals surface area contributed by atoms with Crippen LogP contribution in [0.25, 0.3) is 5.76 Å². The van der Waals surface area contributed by atoms with Gasteiger partial charge in [0, 0.05) is 11.6 Å². The molecule has 1 saturated heterocycles. The van der Waals surface area contributed by atoms with Crippen molar-refractivity contribution in [3.8, 4) is 5.75 Å². The van der Waals surface area contributed by atoms with E-state index >= 15 is 0 Å². The van der Waals surface area contributed by atoms with E-state index in [2.05, 4.69) is 0 Å². The number of carbonyl (C=O) groups excluding carboxylic acids is 2. The summed E-state index contributed by atoms with van der Waals surface area (Å²) in [6.07, 6.45) is 0. The van der Waals surface area contributed by atoms with Crippen LogP contribution in [0.2, 0.25) is 0 Å². The van der Waals surface area contributed by atoms with Crippen molar-refractivity contribution in [3.63, 3.8) is 0 Å². The molecule has 0 radical (unpaired) electrons. The second-order valence-corrected chi connectivity index (χ2v) is 7.50. The van der Waals surface area contributed by atoms with Gasteiger partial charge in [0.1, 0.15) is 29.0 Å². The van der Waals surface area contributed by atoms with E-state index in [1.165, 1.54) is 25.3 Å². The Kier molecular flexibility index (Phi) is 5.68. The lowest BCUT2D eigenvalue weighted by Gasteiger charge is -2.25. The summed E-state index contributed by atoms with van der Waals surface area (Å²) in [6.45, 7) is 1.73. The highest BCUT2D eigenvalue weighted by Crippen LogP contribution is 2.43. The van der Waals surface area contributed by atoms with Crippen LogP contribution >= 0.6 is 0 Å². The predicted octanol–water partition coefficient (Wildman–Crippen LogP) is 5.05. The van der Waals surface area contributed by atoms with Crippen molar-refractivity contribution in [1.82, 2.24) is 0 Å². The zero-order valence-electron chi connectivity index (χ0n) is 17.6. The molecule has 1 aliphatic rings. The van der Waals surface area contributed by atoms with Gasteiger partial charge in [-0.3, -0.25) is 14.5 Å². The first-order valence-corrected chi connectivity index (χ1v) is 9.89. The molecule has 0 bridgehead atoms. The summed E-state index contributed by atoms with van der Waals surface area (Å²) in [7, 11) is 1.48. The zero-order valence-corrected chi connectivity index (χ0v) is 17.6. The average molecular weight is 453 g/mol. The first-order valence-electron chi connectivity index (χ1n) is 9.89. The van der Waals surface area contributed by atoms with Crippen LogP contribution < -0.4 is 9.64 Å². The Morgan fingerprint density at radius 3 is 2.24 bits per heavy atom. The van der Waals surface area contributed by atoms with Gasteiger partial charge in [0.15, 0.2) is 0 Å². The van der Waals surface area contributed by atoms with E-state index in [0.717, 1.165) is 35.2 Å². The molecule has 8 heteroatoms. The van der Waals surface area contributed by atoms with Crippen LogP contribution in [0.5, 0.6) is 5.75 Å². The molecule has 3 aromatic rings. The molecule has 0 spiro atoms. The molecular formula is C25H18F3NO4. The molecule has 1 unspecified atom stereocenters. The molecule has 33 heavy (non-hydrogen) atoms. The molecule has 1 N–H and O–H groups in total. The van der Waals surface area contributed by atoms with Gasteiger partial charge in [-0.1, -0.05) is 12.1 Å². The van der Waals surface area contributed by atoms with E-state index in [4.69, 9.17) is 4.74 Å². The average Bonchev–Trinajstić information content (AvgIpc) is 3.06. The van der Waals surface area contributed by atoms with Crippen LogP contribution in [0.3, 0.4) is 0 Å². The second kappa shape index (κ2) is 8.46. The first kappa shape index (κ1) is 22.1. The van der Waals surface area contributed by atoms with Gasteiger partial charge in [0.05, 0.1) is 24.4 Å². The Morgan fingerprint density at radius 2 is 1.61 bits per heavy atom. The molecular weight excluding hydrogens is 435 g/mol. The van der Waals surface area contributed by atoms with Crippen LogP contribution in [0.1, 0.15) is 22.7 Å². The van der Waals surface area contributed by atoms with E-state index < -0.39 is 46.6 Å². The van der Waals surface area contributed by atoms with Crippen molar-refractivity contribution < 1.29 is 32.6 Å². The number of aliphatic hydroxyl groups excluding tert-OH is 1. The molecule has 1 fully saturated rings. The number of methoxy groups -OCH3 is 1. The Balaban J connectivity index is 1.97. The van der Waals surface area contributed by atoms with E-state index in [9.17, 15) is 27.9 Å². The van der Waals surface area contributed by atoms with E-state index in [1.54, 1.807) is 19.1 Å². The molecule has 4 rings (SSSR count). The zero-order chi connectivity index (χ0) is 23.9. The molecule has 0 saturated carbocycles. The Morgan fingerprint density at radius 1 is 0.939 bits per heavy atom. The number of hydrogen-bond acceptors (Lipinski definition) is 4. The van der Waals surface area contributed by atoms with E-state index in [0.29, 0.717) is 11.3 Å². The minimum absolute atomic E-state index is 0.220. The fraction of sp³-hybridized carbons (Fsp3) is 0.120. The summed E-state index contributed by atoms with van der Waals surface area (Å²) in [5.41, 5.74) is 0.297. The fourth-order valence-corrected chi connectivity index (χ4v) is 3.89. The number of anilines is 1. The molecule has 1 amide bonds. The molecule has 168 valence electrons. The Bertz CT molecular complexity index is 1300. The monoisotopic (exact) mass is 453 g/mol. The molecule has 1 heterocycles. The molecule has 0 aliphatic carbocycles. The summed E-state index contributed by atoms with van der Waals surface area (Å²) in [5.74, 6) is -4.53. The Hall–Kier alpha value is -4.07. The number of benzene rings is 3. The summed E-state index contributed by atoms with van der Waals surface area (Å²) >= 11 is 0. The van der Waals surface area contributed by atoms with Gasteiger partial charge in [0.25, 0.3) is 11.7 Å². The van der Waals surface area contributed by atoms with Gasteiger partial charge < -0.3 is 9.84 Å². The van der Waals surface area contributed by atoms with Crippen LogP contribution in [0.15, 0.2) is 66.2 Å². The van der Waals surface area contributed by atoms with Crippen LogP contribution in [0.4, 0.5) is 18.9 Å². The standard InChI is InChI=1S/C25H18F3NO4/c1-13-11-15(5-10-20(13)33-2)23(30)21-22(14-3-6-16(26)7-4-14)29(25(32)24(21)31)19-12-17(27)8-9-18(19)28/h3-12,22,30H,1-2H3/b23-21+. The number of amides is 1. The quantitative estimate of drug-likeness (QED) is 0.341. The Labute approximate surface area is 187 Å². The van der Waals surface area contributed by atoms with Crippen molar-refractivity contribution in [2.24, 2.45) is 0 Å². The fourth-order valence-electron chi connectivity index (χ4n) is 3.89. The SMILES string of the molecule is COc1ccc(/C(O)=C2\C(=O)C(=O)N(c3cc(F)ccc3F)C2c2ccc(F)cc2)cc1C. The molecule has 0 aromatic heterocycles. The highest BCUT2D eigenvalue weighted by molar-refractivity contribution is 6.51. The van der Waals surface area contributed by atoms with Crippen molar-refractivity contribution in [2.45, 2.75) is 13.0 Å². The normalized spacial score (nSPS) is 17.5. The number of halogens is 3.